The number of morpholine rings is 1. The molecule has 4 aliphatic heterocycles. The highest BCUT2D eigenvalue weighted by atomic mass is 32.1. The third kappa shape index (κ3) is 3.64. The van der Waals surface area contributed by atoms with Crippen LogP contribution in [0.15, 0.2) is 17.5 Å². The third-order valence-corrected chi connectivity index (χ3v) is 8.95. The van der Waals surface area contributed by atoms with Crippen LogP contribution >= 0.6 is 11.3 Å². The number of anilines is 3. The van der Waals surface area contributed by atoms with E-state index in [1.807, 2.05) is 24.4 Å². The Labute approximate surface area is 207 Å². The van der Waals surface area contributed by atoms with E-state index in [-0.39, 0.29) is 5.54 Å². The Morgan fingerprint density at radius 2 is 2.06 bits per heavy atom. The van der Waals surface area contributed by atoms with Gasteiger partial charge in [-0.3, -0.25) is 19.7 Å². The van der Waals surface area contributed by atoms with E-state index in [0.717, 1.165) is 79.5 Å². The molecule has 184 valence electrons. The van der Waals surface area contributed by atoms with Crippen molar-refractivity contribution in [2.45, 2.75) is 56.3 Å². The number of aryl methyl sites for hydroxylation is 1. The molecule has 7 rings (SSSR count). The summed E-state index contributed by atoms with van der Waals surface area (Å²) in [7, 11) is 0. The second kappa shape index (κ2) is 8.22. The van der Waals surface area contributed by atoms with E-state index in [4.69, 9.17) is 14.7 Å². The summed E-state index contributed by atoms with van der Waals surface area (Å²) in [5.41, 5.74) is 0.803. The summed E-state index contributed by atoms with van der Waals surface area (Å²) in [5.74, 6) is 2.58. The number of ether oxygens (including phenoxy) is 1. The van der Waals surface area contributed by atoms with Gasteiger partial charge >= 0.3 is 0 Å². The van der Waals surface area contributed by atoms with Crippen molar-refractivity contribution in [3.63, 3.8) is 0 Å². The zero-order chi connectivity index (χ0) is 23.6. The Bertz CT molecular complexity index is 1250. The molecule has 0 amide bonds. The molecule has 4 fully saturated rings. The van der Waals surface area contributed by atoms with Crippen molar-refractivity contribution in [1.29, 1.82) is 0 Å². The Hall–Kier alpha value is -2.60. The van der Waals surface area contributed by atoms with Crippen molar-refractivity contribution in [2.75, 3.05) is 43.5 Å². The van der Waals surface area contributed by atoms with Crippen molar-refractivity contribution in [3.05, 3.63) is 23.2 Å². The standard InChI is InChI=1S/C24H30N8O2S/c1-14-8-20(30-29-14)26-21-18-2-7-35-22(18)28-23(27-21)25-15-9-16-11-24(12-17(10-15)32(16)24)19(33)13-31-3-5-34-6-4-31/h2,7-8,15-17H,3-6,9-13H2,1H3,(H3,25,26,27,28,29,30)/t15?,16-,17+,24?. The first-order chi connectivity index (χ1) is 17.1. The number of fused-ring (bicyclic) bond motifs is 1. The van der Waals surface area contributed by atoms with E-state index < -0.39 is 0 Å². The van der Waals surface area contributed by atoms with Gasteiger partial charge in [-0.25, -0.2) is 4.98 Å². The molecule has 3 aromatic heterocycles. The van der Waals surface area contributed by atoms with E-state index in [1.165, 1.54) is 0 Å². The maximum absolute atomic E-state index is 13.2. The van der Waals surface area contributed by atoms with E-state index in [0.29, 0.717) is 36.4 Å². The number of rotatable bonds is 7. The predicted octanol–water partition coefficient (Wildman–Crippen LogP) is 2.53. The van der Waals surface area contributed by atoms with Gasteiger partial charge in [-0.15, -0.1) is 11.3 Å². The SMILES string of the molecule is Cc1cc(Nc2nc(NC3C[C@@H]4CC5(C(=O)CN6CCOCC6)C[C@H](C3)N45)nc3sccc23)n[nH]1. The maximum Gasteiger partial charge on any atom is 0.226 e. The predicted molar refractivity (Wildman–Crippen MR) is 134 cm³/mol. The molecule has 35 heavy (non-hydrogen) atoms. The molecule has 3 N–H and O–H groups in total. The molecule has 11 heteroatoms. The van der Waals surface area contributed by atoms with Crippen LogP contribution in [0.2, 0.25) is 0 Å². The van der Waals surface area contributed by atoms with Crippen LogP contribution in [0.1, 0.15) is 31.4 Å². The quantitative estimate of drug-likeness (QED) is 0.456. The number of carbonyl (C=O) groups excluding carboxylic acids is 1. The molecule has 0 aliphatic carbocycles. The molecule has 4 atom stereocenters. The molecule has 0 spiro atoms. The number of aromatic nitrogens is 4. The van der Waals surface area contributed by atoms with Crippen molar-refractivity contribution >= 4 is 44.9 Å². The first-order valence-electron chi connectivity index (χ1n) is 12.5. The molecule has 0 bridgehead atoms. The van der Waals surface area contributed by atoms with Gasteiger partial charge in [0.2, 0.25) is 5.95 Å². The van der Waals surface area contributed by atoms with Crippen LogP contribution < -0.4 is 10.6 Å². The number of aromatic amines is 1. The molecule has 0 aromatic carbocycles. The van der Waals surface area contributed by atoms with Crippen LogP contribution in [0.5, 0.6) is 0 Å². The number of thiophene rings is 1. The molecule has 3 aromatic rings. The number of nitrogens with zero attached hydrogens (tertiary/aromatic N) is 5. The third-order valence-electron chi connectivity index (χ3n) is 8.14. The van der Waals surface area contributed by atoms with Gasteiger partial charge in [-0.2, -0.15) is 10.1 Å². The highest BCUT2D eigenvalue weighted by Gasteiger charge is 2.68. The Balaban J connectivity index is 1.02. The summed E-state index contributed by atoms with van der Waals surface area (Å²) < 4.78 is 5.43. The summed E-state index contributed by atoms with van der Waals surface area (Å²) in [4.78, 5) is 28.5. The number of hydrogen-bond acceptors (Lipinski definition) is 10. The van der Waals surface area contributed by atoms with Crippen LogP contribution in [-0.4, -0.2) is 92.3 Å². The number of hydrogen-bond donors (Lipinski definition) is 3. The summed E-state index contributed by atoms with van der Waals surface area (Å²) in [6, 6.07) is 5.27. The van der Waals surface area contributed by atoms with Crippen molar-refractivity contribution in [2.24, 2.45) is 0 Å². The fourth-order valence-electron chi connectivity index (χ4n) is 6.59. The fourth-order valence-corrected chi connectivity index (χ4v) is 7.35. The minimum atomic E-state index is -0.191. The highest BCUT2D eigenvalue weighted by Crippen LogP contribution is 2.57. The molecule has 0 saturated carbocycles. The lowest BCUT2D eigenvalue weighted by atomic mass is 9.57. The van der Waals surface area contributed by atoms with Crippen molar-refractivity contribution < 1.29 is 9.53 Å². The van der Waals surface area contributed by atoms with E-state index in [2.05, 4.69) is 30.6 Å². The molecule has 4 aliphatic rings. The number of H-pyrrole nitrogens is 1. The van der Waals surface area contributed by atoms with E-state index in [9.17, 15) is 4.79 Å². The summed E-state index contributed by atoms with van der Waals surface area (Å²) in [5, 5.41) is 17.3. The van der Waals surface area contributed by atoms with Gasteiger partial charge in [-0.1, -0.05) is 0 Å². The van der Waals surface area contributed by atoms with Crippen LogP contribution in [0.4, 0.5) is 17.6 Å². The van der Waals surface area contributed by atoms with Gasteiger partial charge in [0.15, 0.2) is 11.6 Å². The van der Waals surface area contributed by atoms with Gasteiger partial charge in [0.05, 0.1) is 30.7 Å². The van der Waals surface area contributed by atoms with Crippen LogP contribution in [0.25, 0.3) is 10.2 Å². The first-order valence-corrected chi connectivity index (χ1v) is 13.4. The highest BCUT2D eigenvalue weighted by molar-refractivity contribution is 7.16. The lowest BCUT2D eigenvalue weighted by molar-refractivity contribution is -0.218. The number of nitrogens with one attached hydrogen (secondary N) is 3. The molecular formula is C24H30N8O2S. The Morgan fingerprint density at radius 1 is 1.26 bits per heavy atom. The average molecular weight is 495 g/mol. The van der Waals surface area contributed by atoms with Gasteiger partial charge in [-0.05, 0) is 44.1 Å². The fraction of sp³-hybridized carbons (Fsp3) is 0.583. The molecule has 7 heterocycles. The second-order valence-electron chi connectivity index (χ2n) is 10.4. The number of Topliss-reactive ketones (excluding diaryl/α,β-unsaturated/α-hetero) is 1. The smallest absolute Gasteiger partial charge is 0.226 e. The van der Waals surface area contributed by atoms with Crippen LogP contribution in [0, 0.1) is 6.92 Å². The topological polar surface area (TPSA) is 111 Å². The minimum Gasteiger partial charge on any atom is -0.379 e. The Kier molecular flexibility index (Phi) is 5.09. The molecule has 2 unspecified atom stereocenters. The maximum atomic E-state index is 13.2. The first kappa shape index (κ1) is 21.7. The summed E-state index contributed by atoms with van der Waals surface area (Å²) >= 11 is 1.61. The van der Waals surface area contributed by atoms with E-state index >= 15 is 0 Å². The minimum absolute atomic E-state index is 0.191. The Morgan fingerprint density at radius 3 is 2.80 bits per heavy atom. The number of ketones is 1. The number of carbonyl (C=O) groups is 1. The molecule has 10 nitrogen and oxygen atoms in total. The zero-order valence-electron chi connectivity index (χ0n) is 19.8. The largest absolute Gasteiger partial charge is 0.379 e. The average Bonchev–Trinajstić information content (AvgIpc) is 3.45. The van der Waals surface area contributed by atoms with Gasteiger partial charge in [0, 0.05) is 43.0 Å². The van der Waals surface area contributed by atoms with Crippen LogP contribution in [0.3, 0.4) is 0 Å². The van der Waals surface area contributed by atoms with Gasteiger partial charge < -0.3 is 15.4 Å². The normalized spacial score (nSPS) is 30.4. The summed E-state index contributed by atoms with van der Waals surface area (Å²) in [6.45, 7) is 5.75. The lowest BCUT2D eigenvalue weighted by Crippen LogP contribution is -2.84. The molecular weight excluding hydrogens is 464 g/mol. The second-order valence-corrected chi connectivity index (χ2v) is 11.3. The van der Waals surface area contributed by atoms with E-state index in [1.54, 1.807) is 11.3 Å². The van der Waals surface area contributed by atoms with Crippen molar-refractivity contribution in [3.8, 4) is 0 Å². The van der Waals surface area contributed by atoms with Gasteiger partial charge in [0.1, 0.15) is 10.6 Å². The zero-order valence-corrected chi connectivity index (χ0v) is 20.6. The lowest BCUT2D eigenvalue weighted by Gasteiger charge is -2.72. The van der Waals surface area contributed by atoms with Gasteiger partial charge in [0.25, 0.3) is 0 Å². The summed E-state index contributed by atoms with van der Waals surface area (Å²) in [6.07, 6.45) is 4.02. The molecule has 0 radical (unpaired) electrons. The van der Waals surface area contributed by atoms with Crippen LogP contribution in [-0.2, 0) is 9.53 Å². The monoisotopic (exact) mass is 494 g/mol. The number of piperidine rings is 2. The van der Waals surface area contributed by atoms with Crippen molar-refractivity contribution in [1.82, 2.24) is 30.0 Å². The molecule has 4 saturated heterocycles.